The number of carbonyl (C=O) groups is 2. The highest BCUT2D eigenvalue weighted by Crippen LogP contribution is 2.33. The highest BCUT2D eigenvalue weighted by atomic mass is 16.7. The third-order valence-electron chi connectivity index (χ3n) is 4.72. The molecule has 1 aromatic heterocycles. The van der Waals surface area contributed by atoms with Crippen molar-refractivity contribution < 1.29 is 23.5 Å². The van der Waals surface area contributed by atoms with Gasteiger partial charge in [0.05, 0.1) is 19.4 Å². The molecule has 0 spiro atoms. The molecule has 0 unspecified atom stereocenters. The van der Waals surface area contributed by atoms with Gasteiger partial charge in [-0.05, 0) is 36.2 Å². The van der Waals surface area contributed by atoms with E-state index < -0.39 is 0 Å². The molecule has 0 N–H and O–H groups in total. The van der Waals surface area contributed by atoms with E-state index in [0.29, 0.717) is 36.9 Å². The Kier molecular flexibility index (Phi) is 6.80. The van der Waals surface area contributed by atoms with Crippen LogP contribution in [0.2, 0.25) is 0 Å². The van der Waals surface area contributed by atoms with Crippen LogP contribution in [0.4, 0.5) is 0 Å². The van der Waals surface area contributed by atoms with Gasteiger partial charge in [0.1, 0.15) is 5.76 Å². The maximum atomic E-state index is 13.2. The zero-order chi connectivity index (χ0) is 20.8. The zero-order valence-electron chi connectivity index (χ0n) is 17.2. The average molecular weight is 400 g/mol. The first kappa shape index (κ1) is 20.8. The molecule has 7 heteroatoms. The summed E-state index contributed by atoms with van der Waals surface area (Å²) in [6.07, 6.45) is 2.39. The minimum atomic E-state index is -0.151. The Morgan fingerprint density at radius 3 is 2.55 bits per heavy atom. The van der Waals surface area contributed by atoms with Crippen molar-refractivity contribution in [2.24, 2.45) is 5.92 Å². The fourth-order valence-electron chi connectivity index (χ4n) is 3.25. The van der Waals surface area contributed by atoms with Crippen LogP contribution in [0.25, 0.3) is 0 Å². The summed E-state index contributed by atoms with van der Waals surface area (Å²) in [6.45, 7) is 7.22. The van der Waals surface area contributed by atoms with Crippen molar-refractivity contribution in [2.75, 3.05) is 19.9 Å². The molecule has 3 rings (SSSR count). The molecule has 2 aromatic rings. The number of carbonyl (C=O) groups excluding carboxylic acids is 2. The molecule has 2 heterocycles. The Bertz CT molecular complexity index is 832. The number of hydrogen-bond acceptors (Lipinski definition) is 5. The lowest BCUT2D eigenvalue weighted by Crippen LogP contribution is -2.44. The maximum absolute atomic E-state index is 13.2. The van der Waals surface area contributed by atoms with Gasteiger partial charge in [0.2, 0.25) is 18.6 Å². The maximum Gasteiger partial charge on any atom is 0.242 e. The van der Waals surface area contributed by atoms with E-state index in [4.69, 9.17) is 13.9 Å². The normalized spacial score (nSPS) is 12.3. The van der Waals surface area contributed by atoms with Gasteiger partial charge in [-0.25, -0.2) is 0 Å². The number of fused-ring (bicyclic) bond motifs is 1. The molecule has 7 nitrogen and oxygen atoms in total. The Balaban J connectivity index is 1.76. The van der Waals surface area contributed by atoms with Gasteiger partial charge in [-0.2, -0.15) is 0 Å². The summed E-state index contributed by atoms with van der Waals surface area (Å²) in [6, 6.07) is 9.28. The quantitative estimate of drug-likeness (QED) is 0.645. The minimum Gasteiger partial charge on any atom is -0.467 e. The van der Waals surface area contributed by atoms with E-state index in [2.05, 4.69) is 0 Å². The molecule has 0 atom stereocenters. The Hall–Kier alpha value is -2.96. The molecule has 1 aliphatic rings. The second-order valence-electron chi connectivity index (χ2n) is 7.43. The van der Waals surface area contributed by atoms with Gasteiger partial charge in [-0.1, -0.05) is 26.8 Å². The van der Waals surface area contributed by atoms with Crippen molar-refractivity contribution in [1.82, 2.24) is 9.80 Å². The molecule has 1 aliphatic heterocycles. The van der Waals surface area contributed by atoms with Gasteiger partial charge in [0.25, 0.3) is 0 Å². The first-order valence-corrected chi connectivity index (χ1v) is 9.95. The summed E-state index contributed by atoms with van der Waals surface area (Å²) in [4.78, 5) is 29.0. The molecule has 0 radical (unpaired) electrons. The van der Waals surface area contributed by atoms with Crippen LogP contribution in [0.1, 0.15) is 38.5 Å². The summed E-state index contributed by atoms with van der Waals surface area (Å²) in [7, 11) is 0. The number of benzene rings is 1. The van der Waals surface area contributed by atoms with Crippen LogP contribution in [-0.2, 0) is 22.7 Å². The summed E-state index contributed by atoms with van der Waals surface area (Å²) >= 11 is 0. The van der Waals surface area contributed by atoms with Gasteiger partial charge in [0, 0.05) is 19.0 Å². The van der Waals surface area contributed by atoms with Crippen molar-refractivity contribution >= 4 is 11.8 Å². The number of hydrogen-bond donors (Lipinski definition) is 0. The number of furan rings is 1. The van der Waals surface area contributed by atoms with Gasteiger partial charge >= 0.3 is 0 Å². The Morgan fingerprint density at radius 2 is 1.86 bits per heavy atom. The SMILES string of the molecule is CCCN(CC(=O)N(Cc1ccc2c(c1)OCO2)Cc1ccco1)C(=O)C(C)C. The van der Waals surface area contributed by atoms with Crippen molar-refractivity contribution in [3.05, 3.63) is 47.9 Å². The smallest absolute Gasteiger partial charge is 0.242 e. The van der Waals surface area contributed by atoms with E-state index in [0.717, 1.165) is 12.0 Å². The summed E-state index contributed by atoms with van der Waals surface area (Å²) in [5.41, 5.74) is 0.923. The molecule has 0 fully saturated rings. The second kappa shape index (κ2) is 9.49. The van der Waals surface area contributed by atoms with Gasteiger partial charge < -0.3 is 23.7 Å². The largest absolute Gasteiger partial charge is 0.467 e. The first-order chi connectivity index (χ1) is 14.0. The molecule has 156 valence electrons. The first-order valence-electron chi connectivity index (χ1n) is 9.95. The van der Waals surface area contributed by atoms with E-state index in [1.54, 1.807) is 22.1 Å². The fraction of sp³-hybridized carbons (Fsp3) is 0.455. The molecule has 0 bridgehead atoms. The standard InChI is InChI=1S/C22H28N2O5/c1-4-9-23(22(26)16(2)3)14-21(25)24(13-18-6-5-10-27-18)12-17-7-8-19-20(11-17)29-15-28-19/h5-8,10-11,16H,4,9,12-15H2,1-3H3. The Morgan fingerprint density at radius 1 is 1.07 bits per heavy atom. The molecule has 0 saturated heterocycles. The molecular weight excluding hydrogens is 372 g/mol. The highest BCUT2D eigenvalue weighted by molar-refractivity contribution is 5.85. The van der Waals surface area contributed by atoms with E-state index in [1.807, 2.05) is 45.0 Å². The topological polar surface area (TPSA) is 72.2 Å². The molecular formula is C22H28N2O5. The number of rotatable bonds is 9. The minimum absolute atomic E-state index is 0.0128. The predicted octanol–water partition coefficient (Wildman–Crippen LogP) is 3.43. The van der Waals surface area contributed by atoms with Crippen LogP contribution in [0.15, 0.2) is 41.0 Å². The van der Waals surface area contributed by atoms with Crippen LogP contribution in [0.3, 0.4) is 0 Å². The molecule has 2 amide bonds. The molecule has 0 aliphatic carbocycles. The number of nitrogens with zero attached hydrogens (tertiary/aromatic N) is 2. The third kappa shape index (κ3) is 5.31. The van der Waals surface area contributed by atoms with Crippen LogP contribution in [0.5, 0.6) is 11.5 Å². The van der Waals surface area contributed by atoms with Crippen LogP contribution in [-0.4, -0.2) is 41.5 Å². The lowest BCUT2D eigenvalue weighted by Gasteiger charge is -2.28. The zero-order valence-corrected chi connectivity index (χ0v) is 17.2. The molecule has 0 saturated carbocycles. The number of ether oxygens (including phenoxy) is 2. The van der Waals surface area contributed by atoms with Crippen LogP contribution >= 0.6 is 0 Å². The summed E-state index contributed by atoms with van der Waals surface area (Å²) in [5.74, 6) is 1.78. The van der Waals surface area contributed by atoms with Crippen LogP contribution in [0, 0.1) is 5.92 Å². The summed E-state index contributed by atoms with van der Waals surface area (Å²) < 4.78 is 16.2. The van der Waals surface area contributed by atoms with Crippen molar-refractivity contribution in [1.29, 1.82) is 0 Å². The van der Waals surface area contributed by atoms with Crippen molar-refractivity contribution in [3.8, 4) is 11.5 Å². The van der Waals surface area contributed by atoms with Gasteiger partial charge in [0.15, 0.2) is 11.5 Å². The third-order valence-corrected chi connectivity index (χ3v) is 4.72. The lowest BCUT2D eigenvalue weighted by molar-refractivity contribution is -0.143. The van der Waals surface area contributed by atoms with Crippen molar-refractivity contribution in [3.63, 3.8) is 0 Å². The monoisotopic (exact) mass is 400 g/mol. The second-order valence-corrected chi connectivity index (χ2v) is 7.43. The average Bonchev–Trinajstić information content (AvgIpc) is 3.37. The Labute approximate surface area is 171 Å². The van der Waals surface area contributed by atoms with E-state index in [9.17, 15) is 9.59 Å². The van der Waals surface area contributed by atoms with E-state index >= 15 is 0 Å². The van der Waals surface area contributed by atoms with Gasteiger partial charge in [-0.3, -0.25) is 9.59 Å². The highest BCUT2D eigenvalue weighted by Gasteiger charge is 2.24. The summed E-state index contributed by atoms with van der Waals surface area (Å²) in [5, 5.41) is 0. The number of amides is 2. The fourth-order valence-corrected chi connectivity index (χ4v) is 3.25. The molecule has 29 heavy (non-hydrogen) atoms. The predicted molar refractivity (Wildman–Crippen MR) is 107 cm³/mol. The van der Waals surface area contributed by atoms with Crippen LogP contribution < -0.4 is 9.47 Å². The van der Waals surface area contributed by atoms with E-state index in [-0.39, 0.29) is 31.1 Å². The van der Waals surface area contributed by atoms with Gasteiger partial charge in [-0.15, -0.1) is 0 Å². The van der Waals surface area contributed by atoms with E-state index in [1.165, 1.54) is 0 Å². The lowest BCUT2D eigenvalue weighted by atomic mass is 10.1. The molecule has 1 aromatic carbocycles. The van der Waals surface area contributed by atoms with Crippen molar-refractivity contribution in [2.45, 2.75) is 40.3 Å².